The highest BCUT2D eigenvalue weighted by atomic mass is 35.5. The standard InChI is InChI=1S/C15H16ClN5O2S/c1-2-20-13(10-3-5-11(16)6-4-10)18-19-15(20)24-9-12(22)21-8-7-17-14(21)23/h3-6H,2,7-9H2,1H3,(H,17,23). The summed E-state index contributed by atoms with van der Waals surface area (Å²) in [6, 6.07) is 7.03. The first-order valence-corrected chi connectivity index (χ1v) is 8.86. The highest BCUT2D eigenvalue weighted by molar-refractivity contribution is 7.99. The van der Waals surface area contributed by atoms with Crippen molar-refractivity contribution in [1.82, 2.24) is 25.0 Å². The van der Waals surface area contributed by atoms with Gasteiger partial charge in [-0.3, -0.25) is 9.69 Å². The lowest BCUT2D eigenvalue weighted by Crippen LogP contribution is -2.35. The average Bonchev–Trinajstić information content (AvgIpc) is 3.19. The predicted molar refractivity (Wildman–Crippen MR) is 92.0 cm³/mol. The largest absolute Gasteiger partial charge is 0.336 e. The molecular weight excluding hydrogens is 350 g/mol. The number of halogens is 1. The third kappa shape index (κ3) is 3.39. The van der Waals surface area contributed by atoms with Crippen LogP contribution in [0.3, 0.4) is 0 Å². The topological polar surface area (TPSA) is 80.1 Å². The van der Waals surface area contributed by atoms with Crippen molar-refractivity contribution in [1.29, 1.82) is 0 Å². The maximum atomic E-state index is 12.1. The van der Waals surface area contributed by atoms with Gasteiger partial charge in [-0.2, -0.15) is 0 Å². The van der Waals surface area contributed by atoms with Gasteiger partial charge in [-0.25, -0.2) is 4.79 Å². The van der Waals surface area contributed by atoms with E-state index in [4.69, 9.17) is 11.6 Å². The first kappa shape index (κ1) is 16.8. The SMILES string of the molecule is CCn1c(SCC(=O)N2CCNC2=O)nnc1-c1ccc(Cl)cc1. The summed E-state index contributed by atoms with van der Waals surface area (Å²) in [5.41, 5.74) is 0.908. The summed E-state index contributed by atoms with van der Waals surface area (Å²) in [4.78, 5) is 24.8. The second-order valence-corrected chi connectivity index (χ2v) is 6.50. The molecule has 126 valence electrons. The Morgan fingerprint density at radius 2 is 2.08 bits per heavy atom. The smallest absolute Gasteiger partial charge is 0.324 e. The van der Waals surface area contributed by atoms with Gasteiger partial charge in [0.1, 0.15) is 0 Å². The van der Waals surface area contributed by atoms with Crippen LogP contribution in [0.1, 0.15) is 6.92 Å². The lowest BCUT2D eigenvalue weighted by Gasteiger charge is -2.12. The van der Waals surface area contributed by atoms with Crippen molar-refractivity contribution in [2.24, 2.45) is 0 Å². The van der Waals surface area contributed by atoms with E-state index in [1.54, 1.807) is 12.1 Å². The number of hydrogen-bond donors (Lipinski definition) is 1. The molecule has 0 bridgehead atoms. The maximum absolute atomic E-state index is 12.1. The molecular formula is C15H16ClN5O2S. The van der Waals surface area contributed by atoms with E-state index in [1.165, 1.54) is 16.7 Å². The molecule has 3 amide bonds. The average molecular weight is 366 g/mol. The number of thioether (sulfide) groups is 1. The lowest BCUT2D eigenvalue weighted by atomic mass is 10.2. The molecule has 1 aliphatic rings. The van der Waals surface area contributed by atoms with Crippen LogP contribution in [0.25, 0.3) is 11.4 Å². The predicted octanol–water partition coefficient (Wildman–Crippen LogP) is 2.26. The van der Waals surface area contributed by atoms with Gasteiger partial charge in [-0.05, 0) is 31.2 Å². The van der Waals surface area contributed by atoms with Gasteiger partial charge in [0.2, 0.25) is 5.91 Å². The number of carbonyl (C=O) groups excluding carboxylic acids is 2. The minimum Gasteiger partial charge on any atom is -0.336 e. The molecule has 0 aliphatic carbocycles. The summed E-state index contributed by atoms with van der Waals surface area (Å²) in [6.45, 7) is 3.57. The Bertz CT molecular complexity index is 762. The van der Waals surface area contributed by atoms with Crippen molar-refractivity contribution in [2.75, 3.05) is 18.8 Å². The van der Waals surface area contributed by atoms with Gasteiger partial charge in [-0.1, -0.05) is 23.4 Å². The molecule has 0 unspecified atom stereocenters. The number of carbonyl (C=O) groups is 2. The minimum atomic E-state index is -0.334. The Labute approximate surface area is 148 Å². The lowest BCUT2D eigenvalue weighted by molar-refractivity contribution is -0.124. The summed E-state index contributed by atoms with van der Waals surface area (Å²) in [7, 11) is 0. The zero-order valence-electron chi connectivity index (χ0n) is 13.0. The molecule has 1 aromatic heterocycles. The molecule has 1 aromatic carbocycles. The molecule has 2 aromatic rings. The van der Waals surface area contributed by atoms with Crippen molar-refractivity contribution in [3.05, 3.63) is 29.3 Å². The van der Waals surface area contributed by atoms with Crippen LogP contribution in [-0.2, 0) is 11.3 Å². The van der Waals surface area contributed by atoms with Gasteiger partial charge in [-0.15, -0.1) is 10.2 Å². The molecule has 1 aliphatic heterocycles. The Hall–Kier alpha value is -2.06. The molecule has 0 saturated carbocycles. The van der Waals surface area contributed by atoms with Crippen LogP contribution in [0.4, 0.5) is 4.79 Å². The van der Waals surface area contributed by atoms with Gasteiger partial charge in [0, 0.05) is 30.2 Å². The van der Waals surface area contributed by atoms with Gasteiger partial charge >= 0.3 is 6.03 Å². The molecule has 2 heterocycles. The van der Waals surface area contributed by atoms with Crippen molar-refractivity contribution in [2.45, 2.75) is 18.6 Å². The fraction of sp³-hybridized carbons (Fsp3) is 0.333. The third-order valence-corrected chi connectivity index (χ3v) is 4.82. The van der Waals surface area contributed by atoms with Crippen molar-refractivity contribution in [3.8, 4) is 11.4 Å². The first-order valence-electron chi connectivity index (χ1n) is 7.50. The number of benzene rings is 1. The summed E-state index contributed by atoms with van der Waals surface area (Å²) >= 11 is 7.19. The number of imide groups is 1. The molecule has 7 nitrogen and oxygen atoms in total. The maximum Gasteiger partial charge on any atom is 0.324 e. The molecule has 0 radical (unpaired) electrons. The molecule has 0 spiro atoms. The Morgan fingerprint density at radius 1 is 1.33 bits per heavy atom. The molecule has 1 saturated heterocycles. The van der Waals surface area contributed by atoms with Crippen LogP contribution in [0, 0.1) is 0 Å². The first-order chi connectivity index (χ1) is 11.6. The zero-order valence-corrected chi connectivity index (χ0v) is 14.6. The van der Waals surface area contributed by atoms with E-state index in [0.29, 0.717) is 29.8 Å². The number of aromatic nitrogens is 3. The molecule has 0 atom stereocenters. The van der Waals surface area contributed by atoms with Crippen LogP contribution < -0.4 is 5.32 Å². The van der Waals surface area contributed by atoms with Crippen LogP contribution >= 0.6 is 23.4 Å². The van der Waals surface area contributed by atoms with Crippen molar-refractivity contribution in [3.63, 3.8) is 0 Å². The Balaban J connectivity index is 1.73. The van der Waals surface area contributed by atoms with E-state index in [-0.39, 0.29) is 17.7 Å². The summed E-state index contributed by atoms with van der Waals surface area (Å²) in [5.74, 6) is 0.642. The van der Waals surface area contributed by atoms with Crippen LogP contribution in [0.2, 0.25) is 5.02 Å². The minimum absolute atomic E-state index is 0.145. The fourth-order valence-corrected chi connectivity index (χ4v) is 3.41. The number of nitrogens with zero attached hydrogens (tertiary/aromatic N) is 4. The molecule has 1 N–H and O–H groups in total. The number of nitrogens with one attached hydrogen (secondary N) is 1. The van der Waals surface area contributed by atoms with Gasteiger partial charge in [0.15, 0.2) is 11.0 Å². The van der Waals surface area contributed by atoms with E-state index in [0.717, 1.165) is 11.4 Å². The summed E-state index contributed by atoms with van der Waals surface area (Å²) in [5, 5.41) is 12.3. The monoisotopic (exact) mass is 365 g/mol. The second kappa shape index (κ2) is 7.23. The fourth-order valence-electron chi connectivity index (χ4n) is 2.41. The van der Waals surface area contributed by atoms with E-state index >= 15 is 0 Å². The Morgan fingerprint density at radius 3 is 2.71 bits per heavy atom. The van der Waals surface area contributed by atoms with Gasteiger partial charge < -0.3 is 9.88 Å². The molecule has 9 heteroatoms. The molecule has 1 fully saturated rings. The third-order valence-electron chi connectivity index (χ3n) is 3.62. The highest BCUT2D eigenvalue weighted by Gasteiger charge is 2.26. The number of urea groups is 1. The number of hydrogen-bond acceptors (Lipinski definition) is 5. The van der Waals surface area contributed by atoms with Crippen LogP contribution in [0.15, 0.2) is 29.4 Å². The second-order valence-electron chi connectivity index (χ2n) is 5.12. The van der Waals surface area contributed by atoms with Crippen LogP contribution in [0.5, 0.6) is 0 Å². The molecule has 3 rings (SSSR count). The normalized spacial score (nSPS) is 14.1. The van der Waals surface area contributed by atoms with E-state index in [2.05, 4.69) is 15.5 Å². The van der Waals surface area contributed by atoms with E-state index < -0.39 is 0 Å². The van der Waals surface area contributed by atoms with Crippen molar-refractivity contribution < 1.29 is 9.59 Å². The summed E-state index contributed by atoms with van der Waals surface area (Å²) < 4.78 is 1.94. The zero-order chi connectivity index (χ0) is 17.1. The van der Waals surface area contributed by atoms with Gasteiger partial charge in [0.25, 0.3) is 0 Å². The van der Waals surface area contributed by atoms with E-state index in [1.807, 2.05) is 23.6 Å². The van der Waals surface area contributed by atoms with Crippen molar-refractivity contribution >= 4 is 35.3 Å². The molecule has 24 heavy (non-hydrogen) atoms. The van der Waals surface area contributed by atoms with Crippen LogP contribution in [-0.4, -0.2) is 50.4 Å². The quantitative estimate of drug-likeness (QED) is 0.822. The van der Waals surface area contributed by atoms with E-state index in [9.17, 15) is 9.59 Å². The number of rotatable bonds is 5. The number of amides is 3. The Kier molecular flexibility index (Phi) is 5.06. The highest BCUT2D eigenvalue weighted by Crippen LogP contribution is 2.25. The van der Waals surface area contributed by atoms with Gasteiger partial charge in [0.05, 0.1) is 5.75 Å². The summed E-state index contributed by atoms with van der Waals surface area (Å²) in [6.07, 6.45) is 0.